The number of rotatable bonds is 6. The number of hydrogen-bond acceptors (Lipinski definition) is 3. The first-order chi connectivity index (χ1) is 7.74. The van der Waals surface area contributed by atoms with Crippen LogP contribution < -0.4 is 0 Å². The molecule has 90 valence electrons. The third-order valence-corrected chi connectivity index (χ3v) is 2.97. The van der Waals surface area contributed by atoms with E-state index in [0.717, 1.165) is 18.7 Å². The Kier molecular flexibility index (Phi) is 5.46. The molecule has 0 saturated heterocycles. The van der Waals surface area contributed by atoms with Crippen molar-refractivity contribution in [3.63, 3.8) is 0 Å². The Morgan fingerprint density at radius 1 is 1.12 bits per heavy atom. The van der Waals surface area contributed by atoms with Crippen LogP contribution in [0.1, 0.15) is 25.5 Å². The van der Waals surface area contributed by atoms with Crippen LogP contribution in [0.4, 0.5) is 0 Å². The molecule has 0 aliphatic heterocycles. The molecule has 2 atom stereocenters. The van der Waals surface area contributed by atoms with Crippen molar-refractivity contribution in [1.29, 1.82) is 0 Å². The maximum absolute atomic E-state index is 10.2. The van der Waals surface area contributed by atoms with E-state index in [0.29, 0.717) is 0 Å². The van der Waals surface area contributed by atoms with Gasteiger partial charge >= 0.3 is 0 Å². The minimum atomic E-state index is -0.633. The van der Waals surface area contributed by atoms with E-state index in [1.807, 2.05) is 44.2 Å². The van der Waals surface area contributed by atoms with E-state index in [1.54, 1.807) is 0 Å². The van der Waals surface area contributed by atoms with Crippen LogP contribution in [0.2, 0.25) is 0 Å². The normalized spacial score (nSPS) is 15.1. The minimum absolute atomic E-state index is 0.0300. The topological polar surface area (TPSA) is 43.7 Å². The highest BCUT2D eigenvalue weighted by molar-refractivity contribution is 5.18. The maximum atomic E-state index is 10.2. The predicted octanol–water partition coefficient (Wildman–Crippen LogP) is 1.42. The van der Waals surface area contributed by atoms with Gasteiger partial charge in [-0.05, 0) is 18.7 Å². The second kappa shape index (κ2) is 6.63. The van der Waals surface area contributed by atoms with Gasteiger partial charge in [-0.1, -0.05) is 44.2 Å². The summed E-state index contributed by atoms with van der Waals surface area (Å²) < 4.78 is 0. The zero-order valence-electron chi connectivity index (χ0n) is 10.0. The second-order valence-corrected chi connectivity index (χ2v) is 3.83. The van der Waals surface area contributed by atoms with Crippen molar-refractivity contribution in [3.05, 3.63) is 35.9 Å². The van der Waals surface area contributed by atoms with Crippen molar-refractivity contribution < 1.29 is 10.2 Å². The van der Waals surface area contributed by atoms with E-state index in [9.17, 15) is 10.2 Å². The van der Waals surface area contributed by atoms with Gasteiger partial charge in [-0.3, -0.25) is 4.90 Å². The Morgan fingerprint density at radius 3 is 2.12 bits per heavy atom. The Hall–Kier alpha value is -0.900. The van der Waals surface area contributed by atoms with Crippen molar-refractivity contribution in [2.75, 3.05) is 19.7 Å². The van der Waals surface area contributed by atoms with Gasteiger partial charge in [0, 0.05) is 0 Å². The molecule has 3 heteroatoms. The number of likely N-dealkylation sites (N-methyl/N-ethyl adjacent to an activating group) is 1. The van der Waals surface area contributed by atoms with Crippen LogP contribution in [0.5, 0.6) is 0 Å². The molecule has 1 aromatic carbocycles. The zero-order chi connectivity index (χ0) is 12.0. The summed E-state index contributed by atoms with van der Waals surface area (Å²) in [7, 11) is 0. The SMILES string of the molecule is CCN(CC)C(CO)C(O)c1ccccc1. The third kappa shape index (κ3) is 3.04. The molecule has 0 saturated carbocycles. The molecule has 0 aliphatic rings. The number of aliphatic hydroxyl groups is 2. The fourth-order valence-corrected chi connectivity index (χ4v) is 1.98. The second-order valence-electron chi connectivity index (χ2n) is 3.83. The van der Waals surface area contributed by atoms with Crippen LogP contribution >= 0.6 is 0 Å². The molecule has 0 spiro atoms. The third-order valence-electron chi connectivity index (χ3n) is 2.97. The van der Waals surface area contributed by atoms with Gasteiger partial charge < -0.3 is 10.2 Å². The van der Waals surface area contributed by atoms with Gasteiger partial charge in [0.25, 0.3) is 0 Å². The van der Waals surface area contributed by atoms with Crippen LogP contribution in [-0.2, 0) is 0 Å². The van der Waals surface area contributed by atoms with E-state index in [-0.39, 0.29) is 12.6 Å². The predicted molar refractivity (Wildman–Crippen MR) is 65.2 cm³/mol. The molecule has 0 fully saturated rings. The summed E-state index contributed by atoms with van der Waals surface area (Å²) in [5.74, 6) is 0. The van der Waals surface area contributed by atoms with Crippen LogP contribution in [0.15, 0.2) is 30.3 Å². The van der Waals surface area contributed by atoms with Crippen LogP contribution in [0, 0.1) is 0 Å². The Bertz CT molecular complexity index is 285. The summed E-state index contributed by atoms with van der Waals surface area (Å²) in [6.07, 6.45) is -0.633. The molecule has 2 N–H and O–H groups in total. The molecular formula is C13H21NO2. The molecule has 0 heterocycles. The Morgan fingerprint density at radius 2 is 1.69 bits per heavy atom. The van der Waals surface area contributed by atoms with Crippen LogP contribution in [0.3, 0.4) is 0 Å². The molecule has 16 heavy (non-hydrogen) atoms. The van der Waals surface area contributed by atoms with Gasteiger partial charge in [0.1, 0.15) is 0 Å². The minimum Gasteiger partial charge on any atom is -0.395 e. The Balaban J connectivity index is 2.80. The zero-order valence-corrected chi connectivity index (χ0v) is 10.0. The summed E-state index contributed by atoms with van der Waals surface area (Å²) in [5, 5.41) is 19.6. The monoisotopic (exact) mass is 223 g/mol. The van der Waals surface area contributed by atoms with E-state index >= 15 is 0 Å². The van der Waals surface area contributed by atoms with Crippen molar-refractivity contribution in [2.24, 2.45) is 0 Å². The molecule has 0 amide bonds. The van der Waals surface area contributed by atoms with Crippen molar-refractivity contribution >= 4 is 0 Å². The standard InChI is InChI=1S/C13H21NO2/c1-3-14(4-2)12(10-15)13(16)11-8-6-5-7-9-11/h5-9,12-13,15-16H,3-4,10H2,1-2H3. The highest BCUT2D eigenvalue weighted by Crippen LogP contribution is 2.20. The molecule has 0 aliphatic carbocycles. The summed E-state index contributed by atoms with van der Waals surface area (Å²) in [5.41, 5.74) is 0.855. The molecule has 1 aromatic rings. The fraction of sp³-hybridized carbons (Fsp3) is 0.538. The number of nitrogens with zero attached hydrogens (tertiary/aromatic N) is 1. The first-order valence-electron chi connectivity index (χ1n) is 5.82. The van der Waals surface area contributed by atoms with Gasteiger partial charge in [0.05, 0.1) is 18.8 Å². The van der Waals surface area contributed by atoms with Gasteiger partial charge in [-0.15, -0.1) is 0 Å². The van der Waals surface area contributed by atoms with E-state index in [1.165, 1.54) is 0 Å². The Labute approximate surface area is 97.3 Å². The van der Waals surface area contributed by atoms with Crippen molar-refractivity contribution in [1.82, 2.24) is 4.90 Å². The number of aliphatic hydroxyl groups excluding tert-OH is 2. The summed E-state index contributed by atoms with van der Waals surface area (Å²) >= 11 is 0. The largest absolute Gasteiger partial charge is 0.395 e. The summed E-state index contributed by atoms with van der Waals surface area (Å²) in [6, 6.07) is 9.26. The molecule has 0 aromatic heterocycles. The lowest BCUT2D eigenvalue weighted by atomic mass is 10.0. The first kappa shape index (κ1) is 13.2. The smallest absolute Gasteiger partial charge is 0.0967 e. The van der Waals surface area contributed by atoms with Crippen LogP contribution in [-0.4, -0.2) is 40.9 Å². The molecule has 0 bridgehead atoms. The molecule has 2 unspecified atom stereocenters. The highest BCUT2D eigenvalue weighted by atomic mass is 16.3. The quantitative estimate of drug-likeness (QED) is 0.766. The van der Waals surface area contributed by atoms with Gasteiger partial charge in [0.2, 0.25) is 0 Å². The average Bonchev–Trinajstić information content (AvgIpc) is 2.36. The van der Waals surface area contributed by atoms with E-state index in [2.05, 4.69) is 4.90 Å². The van der Waals surface area contributed by atoms with Gasteiger partial charge in [-0.25, -0.2) is 0 Å². The summed E-state index contributed by atoms with van der Waals surface area (Å²) in [4.78, 5) is 2.07. The fourth-order valence-electron chi connectivity index (χ4n) is 1.98. The van der Waals surface area contributed by atoms with E-state index < -0.39 is 6.10 Å². The highest BCUT2D eigenvalue weighted by Gasteiger charge is 2.24. The number of hydrogen-bond donors (Lipinski definition) is 2. The van der Waals surface area contributed by atoms with Crippen LogP contribution in [0.25, 0.3) is 0 Å². The van der Waals surface area contributed by atoms with E-state index in [4.69, 9.17) is 0 Å². The average molecular weight is 223 g/mol. The first-order valence-corrected chi connectivity index (χ1v) is 5.82. The number of benzene rings is 1. The summed E-state index contributed by atoms with van der Waals surface area (Å²) in [6.45, 7) is 5.68. The lowest BCUT2D eigenvalue weighted by molar-refractivity contribution is 0.0194. The molecular weight excluding hydrogens is 202 g/mol. The lowest BCUT2D eigenvalue weighted by Crippen LogP contribution is -2.42. The maximum Gasteiger partial charge on any atom is 0.0967 e. The van der Waals surface area contributed by atoms with Crippen molar-refractivity contribution in [3.8, 4) is 0 Å². The molecule has 3 nitrogen and oxygen atoms in total. The van der Waals surface area contributed by atoms with Crippen molar-refractivity contribution in [2.45, 2.75) is 26.0 Å². The molecule has 1 rings (SSSR count). The lowest BCUT2D eigenvalue weighted by Gasteiger charge is -2.32. The van der Waals surface area contributed by atoms with Gasteiger partial charge in [0.15, 0.2) is 0 Å². The molecule has 0 radical (unpaired) electrons. The van der Waals surface area contributed by atoms with Gasteiger partial charge in [-0.2, -0.15) is 0 Å².